The van der Waals surface area contributed by atoms with Crippen molar-refractivity contribution in [1.82, 2.24) is 9.80 Å². The summed E-state index contributed by atoms with van der Waals surface area (Å²) in [6.45, 7) is 5.56. The summed E-state index contributed by atoms with van der Waals surface area (Å²) in [7, 11) is -3.06. The summed E-state index contributed by atoms with van der Waals surface area (Å²) in [6, 6.07) is 9.02. The minimum Gasteiger partial charge on any atom is -0.337 e. The van der Waals surface area contributed by atoms with Crippen LogP contribution in [0.2, 0.25) is 0 Å². The van der Waals surface area contributed by atoms with Gasteiger partial charge in [-0.05, 0) is 25.8 Å². The molecule has 0 spiro atoms. The van der Waals surface area contributed by atoms with Crippen molar-refractivity contribution in [2.45, 2.75) is 39.3 Å². The van der Waals surface area contributed by atoms with Crippen LogP contribution in [0, 0.1) is 0 Å². The lowest BCUT2D eigenvalue weighted by molar-refractivity contribution is -0.142. The normalized spacial score (nSPS) is 20.0. The van der Waals surface area contributed by atoms with Crippen molar-refractivity contribution in [2.24, 2.45) is 0 Å². The predicted octanol–water partition coefficient (Wildman–Crippen LogP) is 1.63. The molecule has 1 aromatic carbocycles. The van der Waals surface area contributed by atoms with Crippen molar-refractivity contribution in [3.63, 3.8) is 0 Å². The SMILES string of the molecule is CCN(C(=O)CN(C(C)=O)C(C)c1ccccc1)C1CCS(=O)(=O)C1. The molecule has 6 nitrogen and oxygen atoms in total. The average Bonchev–Trinajstić information content (AvgIpc) is 2.93. The standard InChI is InChI=1S/C18H26N2O4S/c1-4-19(17-10-11-25(23,24)13-17)18(22)12-20(15(3)21)14(2)16-8-6-5-7-9-16/h5-9,14,17H,4,10-13H2,1-3H3. The first-order valence-corrected chi connectivity index (χ1v) is 10.4. The van der Waals surface area contributed by atoms with E-state index in [1.165, 1.54) is 11.8 Å². The van der Waals surface area contributed by atoms with Gasteiger partial charge in [0.1, 0.15) is 6.54 Å². The number of carbonyl (C=O) groups excluding carboxylic acids is 2. The maximum absolute atomic E-state index is 12.8. The van der Waals surface area contributed by atoms with Gasteiger partial charge in [-0.1, -0.05) is 30.3 Å². The zero-order chi connectivity index (χ0) is 18.6. The Morgan fingerprint density at radius 3 is 2.36 bits per heavy atom. The quantitative estimate of drug-likeness (QED) is 0.767. The molecule has 2 amide bonds. The van der Waals surface area contributed by atoms with Crippen LogP contribution >= 0.6 is 0 Å². The van der Waals surface area contributed by atoms with Gasteiger partial charge in [-0.15, -0.1) is 0 Å². The second-order valence-electron chi connectivity index (χ2n) is 6.47. The van der Waals surface area contributed by atoms with Gasteiger partial charge in [0.15, 0.2) is 9.84 Å². The number of sulfone groups is 1. The van der Waals surface area contributed by atoms with Gasteiger partial charge in [-0.25, -0.2) is 8.42 Å². The van der Waals surface area contributed by atoms with Crippen LogP contribution in [0.25, 0.3) is 0 Å². The maximum atomic E-state index is 12.8. The number of nitrogens with zero attached hydrogens (tertiary/aromatic N) is 2. The van der Waals surface area contributed by atoms with Gasteiger partial charge in [0.05, 0.1) is 17.5 Å². The van der Waals surface area contributed by atoms with Crippen molar-refractivity contribution in [2.75, 3.05) is 24.6 Å². The van der Waals surface area contributed by atoms with Crippen molar-refractivity contribution >= 4 is 21.7 Å². The number of carbonyl (C=O) groups is 2. The first-order valence-electron chi connectivity index (χ1n) is 8.57. The van der Waals surface area contributed by atoms with E-state index >= 15 is 0 Å². The molecule has 1 saturated heterocycles. The fourth-order valence-corrected chi connectivity index (χ4v) is 5.06. The number of rotatable bonds is 6. The smallest absolute Gasteiger partial charge is 0.242 e. The molecule has 1 aliphatic heterocycles. The summed E-state index contributed by atoms with van der Waals surface area (Å²) in [5, 5.41) is 0. The van der Waals surface area contributed by atoms with E-state index in [-0.39, 0.29) is 41.9 Å². The maximum Gasteiger partial charge on any atom is 0.242 e. The molecule has 138 valence electrons. The lowest BCUT2D eigenvalue weighted by atomic mass is 10.1. The van der Waals surface area contributed by atoms with Crippen LogP contribution in [-0.2, 0) is 19.4 Å². The van der Waals surface area contributed by atoms with E-state index < -0.39 is 9.84 Å². The fraction of sp³-hybridized carbons (Fsp3) is 0.556. The molecular formula is C18H26N2O4S. The van der Waals surface area contributed by atoms with Gasteiger partial charge in [0.25, 0.3) is 0 Å². The topological polar surface area (TPSA) is 74.8 Å². The largest absolute Gasteiger partial charge is 0.337 e. The summed E-state index contributed by atoms with van der Waals surface area (Å²) in [5.41, 5.74) is 0.956. The Morgan fingerprint density at radius 2 is 1.88 bits per heavy atom. The van der Waals surface area contributed by atoms with E-state index in [1.54, 1.807) is 4.90 Å². The van der Waals surface area contributed by atoms with Crippen LogP contribution in [0.5, 0.6) is 0 Å². The molecule has 2 rings (SSSR count). The van der Waals surface area contributed by atoms with Crippen LogP contribution in [0.15, 0.2) is 30.3 Å². The molecule has 25 heavy (non-hydrogen) atoms. The molecule has 0 radical (unpaired) electrons. The van der Waals surface area contributed by atoms with Crippen LogP contribution in [0.1, 0.15) is 38.8 Å². The van der Waals surface area contributed by atoms with Gasteiger partial charge in [-0.3, -0.25) is 9.59 Å². The molecule has 1 fully saturated rings. The van der Waals surface area contributed by atoms with E-state index in [0.29, 0.717) is 13.0 Å². The molecule has 0 N–H and O–H groups in total. The highest BCUT2D eigenvalue weighted by molar-refractivity contribution is 7.91. The second-order valence-corrected chi connectivity index (χ2v) is 8.70. The van der Waals surface area contributed by atoms with Crippen LogP contribution in [0.4, 0.5) is 0 Å². The molecule has 0 aromatic heterocycles. The number of likely N-dealkylation sites (N-methyl/N-ethyl adjacent to an activating group) is 1. The van der Waals surface area contributed by atoms with Crippen molar-refractivity contribution in [3.8, 4) is 0 Å². The molecular weight excluding hydrogens is 340 g/mol. The van der Waals surface area contributed by atoms with Crippen molar-refractivity contribution < 1.29 is 18.0 Å². The van der Waals surface area contributed by atoms with Crippen LogP contribution in [-0.4, -0.2) is 60.7 Å². The van der Waals surface area contributed by atoms with Gasteiger partial charge in [-0.2, -0.15) is 0 Å². The highest BCUT2D eigenvalue weighted by Gasteiger charge is 2.35. The lowest BCUT2D eigenvalue weighted by Crippen LogP contribution is -2.47. The summed E-state index contributed by atoms with van der Waals surface area (Å²) >= 11 is 0. The Morgan fingerprint density at radius 1 is 1.24 bits per heavy atom. The highest BCUT2D eigenvalue weighted by atomic mass is 32.2. The zero-order valence-corrected chi connectivity index (χ0v) is 15.8. The van der Waals surface area contributed by atoms with E-state index in [0.717, 1.165) is 5.56 Å². The van der Waals surface area contributed by atoms with E-state index in [2.05, 4.69) is 0 Å². The van der Waals surface area contributed by atoms with Crippen molar-refractivity contribution in [3.05, 3.63) is 35.9 Å². The molecule has 0 aliphatic carbocycles. The number of amides is 2. The molecule has 0 saturated carbocycles. The Hall–Kier alpha value is -1.89. The van der Waals surface area contributed by atoms with E-state index in [1.807, 2.05) is 44.2 Å². The highest BCUT2D eigenvalue weighted by Crippen LogP contribution is 2.22. The number of hydrogen-bond acceptors (Lipinski definition) is 4. The van der Waals surface area contributed by atoms with E-state index in [9.17, 15) is 18.0 Å². The second kappa shape index (κ2) is 7.99. The van der Waals surface area contributed by atoms with Crippen LogP contribution < -0.4 is 0 Å². The first kappa shape index (κ1) is 19.4. The summed E-state index contributed by atoms with van der Waals surface area (Å²) in [6.07, 6.45) is 0.468. The Kier molecular flexibility index (Phi) is 6.21. The summed E-state index contributed by atoms with van der Waals surface area (Å²) in [5.74, 6) is -0.249. The monoisotopic (exact) mass is 366 g/mol. The first-order chi connectivity index (χ1) is 11.7. The molecule has 2 unspecified atom stereocenters. The Bertz CT molecular complexity index is 718. The number of benzene rings is 1. The third kappa shape index (κ3) is 4.81. The summed E-state index contributed by atoms with van der Waals surface area (Å²) < 4.78 is 23.4. The molecule has 1 heterocycles. The fourth-order valence-electron chi connectivity index (χ4n) is 3.33. The predicted molar refractivity (Wildman–Crippen MR) is 96.7 cm³/mol. The Labute approximate surface area is 149 Å². The third-order valence-electron chi connectivity index (χ3n) is 4.77. The molecule has 1 aromatic rings. The van der Waals surface area contributed by atoms with Crippen molar-refractivity contribution in [1.29, 1.82) is 0 Å². The third-order valence-corrected chi connectivity index (χ3v) is 6.52. The molecule has 1 aliphatic rings. The minimum absolute atomic E-state index is 0.0148. The van der Waals surface area contributed by atoms with Gasteiger partial charge in [0, 0.05) is 19.5 Å². The van der Waals surface area contributed by atoms with Crippen LogP contribution in [0.3, 0.4) is 0 Å². The van der Waals surface area contributed by atoms with Gasteiger partial charge >= 0.3 is 0 Å². The van der Waals surface area contributed by atoms with Gasteiger partial charge < -0.3 is 9.80 Å². The van der Waals surface area contributed by atoms with Gasteiger partial charge in [0.2, 0.25) is 11.8 Å². The number of hydrogen-bond donors (Lipinski definition) is 0. The average molecular weight is 366 g/mol. The minimum atomic E-state index is -3.06. The summed E-state index contributed by atoms with van der Waals surface area (Å²) in [4.78, 5) is 28.0. The lowest BCUT2D eigenvalue weighted by Gasteiger charge is -2.33. The zero-order valence-electron chi connectivity index (χ0n) is 15.0. The molecule has 0 bridgehead atoms. The molecule has 7 heteroatoms. The molecule has 2 atom stereocenters. The Balaban J connectivity index is 2.12. The van der Waals surface area contributed by atoms with E-state index in [4.69, 9.17) is 0 Å².